The molecule has 3 fully saturated rings. The molecule has 2 N–H and O–H groups in total. The molecule has 5 heterocycles. The monoisotopic (exact) mass is 413 g/mol. The number of fused-ring (bicyclic) bond motifs is 1. The number of anilines is 2. The van der Waals surface area contributed by atoms with Gasteiger partial charge in [0, 0.05) is 76.7 Å². The minimum absolute atomic E-state index is 0.238. The van der Waals surface area contributed by atoms with Crippen molar-refractivity contribution in [2.45, 2.75) is 12.5 Å². The van der Waals surface area contributed by atoms with Gasteiger partial charge in [-0.05, 0) is 6.07 Å². The van der Waals surface area contributed by atoms with Gasteiger partial charge in [0.05, 0.1) is 18.9 Å². The van der Waals surface area contributed by atoms with Crippen LogP contribution < -0.4 is 20.4 Å². The Morgan fingerprint density at radius 1 is 1.17 bits per heavy atom. The fourth-order valence-corrected chi connectivity index (χ4v) is 4.35. The largest absolute Gasteiger partial charge is 0.374 e. The number of nitrogens with zero attached hydrogens (tertiary/aromatic N) is 5. The second kappa shape index (κ2) is 8.21. The number of piperazine rings is 1. The first-order valence-electron chi connectivity index (χ1n) is 10.6. The van der Waals surface area contributed by atoms with Gasteiger partial charge in [0.1, 0.15) is 11.5 Å². The summed E-state index contributed by atoms with van der Waals surface area (Å²) in [5.74, 6) is 0.435. The maximum Gasteiger partial charge on any atom is 0.329 e. The van der Waals surface area contributed by atoms with Gasteiger partial charge in [-0.1, -0.05) is 0 Å². The standard InChI is InChI=1S/C20H27N7O3/c28-18-2-5-27(20(29)23-18)19-13-22-17-11-15(1-4-26(17)19)25-8-6-24(7-9-25)14-16-12-21-3-10-30-16/h1,4,11,13,16,21H,2-3,5-10,12,14H2,(H,23,28,29)/t16-/m1/s1. The Morgan fingerprint density at radius 3 is 2.80 bits per heavy atom. The number of imide groups is 1. The predicted octanol–water partition coefficient (Wildman–Crippen LogP) is -0.109. The van der Waals surface area contributed by atoms with Crippen LogP contribution in [-0.4, -0.2) is 91.3 Å². The number of carbonyl (C=O) groups is 2. The number of nitrogens with one attached hydrogen (secondary N) is 2. The maximum atomic E-state index is 12.2. The lowest BCUT2D eigenvalue weighted by atomic mass is 10.2. The van der Waals surface area contributed by atoms with Crippen LogP contribution in [0, 0.1) is 0 Å². The fourth-order valence-electron chi connectivity index (χ4n) is 4.35. The Balaban J connectivity index is 1.24. The van der Waals surface area contributed by atoms with Crippen LogP contribution >= 0.6 is 0 Å². The van der Waals surface area contributed by atoms with E-state index in [1.54, 1.807) is 11.1 Å². The van der Waals surface area contributed by atoms with E-state index < -0.39 is 6.03 Å². The summed E-state index contributed by atoms with van der Waals surface area (Å²) in [6.45, 7) is 7.95. The molecule has 0 spiro atoms. The van der Waals surface area contributed by atoms with Gasteiger partial charge < -0.3 is 15.0 Å². The number of carbonyl (C=O) groups excluding carboxylic acids is 2. The number of urea groups is 1. The summed E-state index contributed by atoms with van der Waals surface area (Å²) in [6.07, 6.45) is 4.21. The minimum Gasteiger partial charge on any atom is -0.374 e. The second-order valence-corrected chi connectivity index (χ2v) is 7.97. The summed E-state index contributed by atoms with van der Waals surface area (Å²) in [4.78, 5) is 34.5. The van der Waals surface area contributed by atoms with Crippen molar-refractivity contribution in [2.75, 3.05) is 68.8 Å². The van der Waals surface area contributed by atoms with Crippen molar-refractivity contribution in [1.82, 2.24) is 24.9 Å². The molecule has 160 valence electrons. The third-order valence-corrected chi connectivity index (χ3v) is 6.01. The highest BCUT2D eigenvalue weighted by atomic mass is 16.5. The topological polar surface area (TPSA) is 94.5 Å². The summed E-state index contributed by atoms with van der Waals surface area (Å²) in [6, 6.07) is 3.72. The molecule has 0 bridgehead atoms. The van der Waals surface area contributed by atoms with Crippen molar-refractivity contribution in [3.05, 3.63) is 24.5 Å². The lowest BCUT2D eigenvalue weighted by Gasteiger charge is -2.38. The van der Waals surface area contributed by atoms with Crippen LogP contribution in [0.15, 0.2) is 24.5 Å². The summed E-state index contributed by atoms with van der Waals surface area (Å²) < 4.78 is 7.72. The number of pyridine rings is 1. The van der Waals surface area contributed by atoms with Gasteiger partial charge in [0.25, 0.3) is 0 Å². The van der Waals surface area contributed by atoms with Crippen LogP contribution in [0.1, 0.15) is 6.42 Å². The molecule has 10 heteroatoms. The molecule has 3 amide bonds. The number of ether oxygens (including phenoxy) is 1. The van der Waals surface area contributed by atoms with Crippen LogP contribution in [0.5, 0.6) is 0 Å². The van der Waals surface area contributed by atoms with Crippen molar-refractivity contribution >= 4 is 29.1 Å². The average Bonchev–Trinajstić information content (AvgIpc) is 3.18. The van der Waals surface area contributed by atoms with Gasteiger partial charge in [-0.3, -0.25) is 24.3 Å². The zero-order chi connectivity index (χ0) is 20.5. The summed E-state index contributed by atoms with van der Waals surface area (Å²) in [5, 5.41) is 5.75. The highest BCUT2D eigenvalue weighted by Gasteiger charge is 2.27. The molecular formula is C20H27N7O3. The molecule has 2 aromatic rings. The molecule has 2 aromatic heterocycles. The van der Waals surface area contributed by atoms with E-state index in [2.05, 4.69) is 37.6 Å². The summed E-state index contributed by atoms with van der Waals surface area (Å²) in [7, 11) is 0. The maximum absolute atomic E-state index is 12.2. The predicted molar refractivity (Wildman–Crippen MR) is 112 cm³/mol. The molecule has 3 saturated heterocycles. The summed E-state index contributed by atoms with van der Waals surface area (Å²) in [5.41, 5.74) is 1.92. The van der Waals surface area contributed by atoms with E-state index in [-0.39, 0.29) is 12.0 Å². The van der Waals surface area contributed by atoms with E-state index in [1.165, 1.54) is 0 Å². The Morgan fingerprint density at radius 2 is 2.03 bits per heavy atom. The van der Waals surface area contributed by atoms with Gasteiger partial charge >= 0.3 is 6.03 Å². The molecule has 0 aromatic carbocycles. The Labute approximate surface area is 174 Å². The molecule has 3 aliphatic rings. The molecule has 0 radical (unpaired) electrons. The van der Waals surface area contributed by atoms with Crippen molar-refractivity contribution in [3.63, 3.8) is 0 Å². The van der Waals surface area contributed by atoms with Gasteiger partial charge in [-0.25, -0.2) is 9.78 Å². The lowest BCUT2D eigenvalue weighted by Crippen LogP contribution is -2.51. The number of morpholine rings is 1. The number of imidazole rings is 1. The van der Waals surface area contributed by atoms with E-state index in [1.807, 2.05) is 10.6 Å². The molecule has 0 aliphatic carbocycles. The second-order valence-electron chi connectivity index (χ2n) is 7.97. The molecule has 30 heavy (non-hydrogen) atoms. The Bertz CT molecular complexity index is 932. The van der Waals surface area contributed by atoms with Gasteiger partial charge in [0.15, 0.2) is 0 Å². The van der Waals surface area contributed by atoms with E-state index in [9.17, 15) is 9.59 Å². The summed E-state index contributed by atoms with van der Waals surface area (Å²) >= 11 is 0. The number of rotatable bonds is 4. The van der Waals surface area contributed by atoms with Gasteiger partial charge in [-0.15, -0.1) is 0 Å². The average molecular weight is 413 g/mol. The first-order chi connectivity index (χ1) is 14.7. The highest BCUT2D eigenvalue weighted by molar-refractivity contribution is 6.05. The quantitative estimate of drug-likeness (QED) is 0.722. The zero-order valence-corrected chi connectivity index (χ0v) is 16.9. The third-order valence-electron chi connectivity index (χ3n) is 6.01. The van der Waals surface area contributed by atoms with Gasteiger partial charge in [-0.2, -0.15) is 0 Å². The third kappa shape index (κ3) is 3.85. The number of aromatic nitrogens is 2. The first-order valence-corrected chi connectivity index (χ1v) is 10.6. The normalized spacial score (nSPS) is 23.8. The van der Waals surface area contributed by atoms with Crippen molar-refractivity contribution in [2.24, 2.45) is 0 Å². The highest BCUT2D eigenvalue weighted by Crippen LogP contribution is 2.24. The molecule has 1 atom stereocenters. The van der Waals surface area contributed by atoms with Crippen molar-refractivity contribution in [3.8, 4) is 0 Å². The minimum atomic E-state index is -0.398. The van der Waals surface area contributed by atoms with E-state index in [4.69, 9.17) is 4.74 Å². The van der Waals surface area contributed by atoms with Crippen molar-refractivity contribution in [1.29, 1.82) is 0 Å². The van der Waals surface area contributed by atoms with E-state index >= 15 is 0 Å². The molecule has 0 unspecified atom stereocenters. The molecule has 5 rings (SSSR count). The molecular weight excluding hydrogens is 386 g/mol. The molecule has 10 nitrogen and oxygen atoms in total. The number of hydrogen-bond donors (Lipinski definition) is 2. The van der Waals surface area contributed by atoms with Gasteiger partial charge in [0.2, 0.25) is 5.91 Å². The van der Waals surface area contributed by atoms with E-state index in [0.29, 0.717) is 18.8 Å². The van der Waals surface area contributed by atoms with Crippen LogP contribution in [0.25, 0.3) is 5.65 Å². The number of amides is 3. The first kappa shape index (κ1) is 19.3. The van der Waals surface area contributed by atoms with Crippen LogP contribution in [0.2, 0.25) is 0 Å². The molecule has 0 saturated carbocycles. The lowest BCUT2D eigenvalue weighted by molar-refractivity contribution is -0.120. The van der Waals surface area contributed by atoms with Crippen LogP contribution in [-0.2, 0) is 9.53 Å². The Hall–Kier alpha value is -2.69. The van der Waals surface area contributed by atoms with E-state index in [0.717, 1.165) is 63.8 Å². The zero-order valence-electron chi connectivity index (χ0n) is 16.9. The fraction of sp³-hybridized carbons (Fsp3) is 0.550. The Kier molecular flexibility index (Phi) is 5.28. The number of hydrogen-bond acceptors (Lipinski definition) is 7. The van der Waals surface area contributed by atoms with Crippen LogP contribution in [0.4, 0.5) is 16.3 Å². The smallest absolute Gasteiger partial charge is 0.329 e. The van der Waals surface area contributed by atoms with Crippen LogP contribution in [0.3, 0.4) is 0 Å². The van der Waals surface area contributed by atoms with Crippen molar-refractivity contribution < 1.29 is 14.3 Å². The SMILES string of the molecule is O=C1CCN(c2cnc3cc(N4CCN(C[C@H]5CNCCO5)CC4)ccn23)C(=O)N1. The molecule has 3 aliphatic heterocycles.